The van der Waals surface area contributed by atoms with Crippen molar-refractivity contribution in [3.8, 4) is 5.75 Å². The van der Waals surface area contributed by atoms with Crippen LogP contribution in [0.25, 0.3) is 10.9 Å². The molecule has 118 valence electrons. The van der Waals surface area contributed by atoms with Crippen molar-refractivity contribution in [1.29, 1.82) is 0 Å². The standard InChI is InChI=1S/C19H19NO3/c1-3-15-11-16-17(9-14(10-18(16)21)19(22)23-2)20(15)12-13-7-5-4-6-8-13/h4-11,21H,3,12H2,1-2H3. The Hall–Kier alpha value is -2.75. The Labute approximate surface area is 134 Å². The van der Waals surface area contributed by atoms with E-state index in [1.165, 1.54) is 18.7 Å². The van der Waals surface area contributed by atoms with Gasteiger partial charge >= 0.3 is 5.97 Å². The van der Waals surface area contributed by atoms with Crippen molar-refractivity contribution in [1.82, 2.24) is 4.57 Å². The summed E-state index contributed by atoms with van der Waals surface area (Å²) in [7, 11) is 1.34. The van der Waals surface area contributed by atoms with E-state index in [1.54, 1.807) is 6.07 Å². The summed E-state index contributed by atoms with van der Waals surface area (Å²) in [5, 5.41) is 11.0. The Morgan fingerprint density at radius 3 is 2.57 bits per heavy atom. The highest BCUT2D eigenvalue weighted by molar-refractivity contribution is 5.97. The maximum absolute atomic E-state index is 11.8. The van der Waals surface area contributed by atoms with E-state index in [0.717, 1.165) is 23.0 Å². The molecule has 1 aromatic heterocycles. The number of aryl methyl sites for hydroxylation is 1. The first-order valence-electron chi connectivity index (χ1n) is 7.61. The Kier molecular flexibility index (Phi) is 4.06. The normalized spacial score (nSPS) is 10.9. The van der Waals surface area contributed by atoms with E-state index >= 15 is 0 Å². The molecule has 23 heavy (non-hydrogen) atoms. The molecule has 0 unspecified atom stereocenters. The summed E-state index contributed by atoms with van der Waals surface area (Å²) in [4.78, 5) is 11.8. The van der Waals surface area contributed by atoms with Crippen LogP contribution < -0.4 is 0 Å². The average molecular weight is 309 g/mol. The largest absolute Gasteiger partial charge is 0.507 e. The summed E-state index contributed by atoms with van der Waals surface area (Å²) in [6, 6.07) is 15.3. The molecule has 0 aliphatic rings. The third-order valence-corrected chi connectivity index (χ3v) is 4.05. The Balaban J connectivity index is 2.18. The number of aromatic nitrogens is 1. The highest BCUT2D eigenvalue weighted by Crippen LogP contribution is 2.31. The molecule has 4 heteroatoms. The molecule has 2 aromatic carbocycles. The molecule has 3 rings (SSSR count). The van der Waals surface area contributed by atoms with Gasteiger partial charge in [0.05, 0.1) is 18.2 Å². The first-order chi connectivity index (χ1) is 11.1. The van der Waals surface area contributed by atoms with Gasteiger partial charge in [-0.2, -0.15) is 0 Å². The number of benzene rings is 2. The van der Waals surface area contributed by atoms with Gasteiger partial charge in [-0.3, -0.25) is 0 Å². The number of aromatic hydroxyl groups is 1. The molecular weight excluding hydrogens is 290 g/mol. The van der Waals surface area contributed by atoms with E-state index in [1.807, 2.05) is 24.3 Å². The van der Waals surface area contributed by atoms with Crippen molar-refractivity contribution in [2.75, 3.05) is 7.11 Å². The van der Waals surface area contributed by atoms with Gasteiger partial charge in [-0.15, -0.1) is 0 Å². The molecule has 0 saturated carbocycles. The minimum Gasteiger partial charge on any atom is -0.507 e. The van der Waals surface area contributed by atoms with Crippen LogP contribution in [-0.4, -0.2) is 22.8 Å². The molecule has 0 saturated heterocycles. The van der Waals surface area contributed by atoms with E-state index in [0.29, 0.717) is 12.1 Å². The van der Waals surface area contributed by atoms with Crippen LogP contribution in [0.2, 0.25) is 0 Å². The van der Waals surface area contributed by atoms with Gasteiger partial charge in [-0.25, -0.2) is 4.79 Å². The van der Waals surface area contributed by atoms with E-state index in [9.17, 15) is 9.90 Å². The van der Waals surface area contributed by atoms with Crippen molar-refractivity contribution >= 4 is 16.9 Å². The van der Waals surface area contributed by atoms with Gasteiger partial charge in [0.25, 0.3) is 0 Å². The van der Waals surface area contributed by atoms with Crippen LogP contribution >= 0.6 is 0 Å². The summed E-state index contributed by atoms with van der Waals surface area (Å²) in [6.07, 6.45) is 0.842. The molecule has 0 spiro atoms. The van der Waals surface area contributed by atoms with Crippen molar-refractivity contribution in [3.63, 3.8) is 0 Å². The summed E-state index contributed by atoms with van der Waals surface area (Å²) in [5.74, 6) is -0.350. The van der Waals surface area contributed by atoms with Crippen molar-refractivity contribution in [3.05, 3.63) is 65.4 Å². The van der Waals surface area contributed by atoms with Gasteiger partial charge in [-0.05, 0) is 30.2 Å². The molecule has 0 bridgehead atoms. The first-order valence-corrected chi connectivity index (χ1v) is 7.61. The maximum atomic E-state index is 11.8. The van der Waals surface area contributed by atoms with Gasteiger partial charge in [0.2, 0.25) is 0 Å². The zero-order valence-electron chi connectivity index (χ0n) is 13.2. The van der Waals surface area contributed by atoms with Crippen LogP contribution in [0.5, 0.6) is 5.75 Å². The molecular formula is C19H19NO3. The third-order valence-electron chi connectivity index (χ3n) is 4.05. The summed E-state index contributed by atoms with van der Waals surface area (Å²) < 4.78 is 6.91. The Morgan fingerprint density at radius 2 is 1.91 bits per heavy atom. The molecule has 1 N–H and O–H groups in total. The predicted molar refractivity (Wildman–Crippen MR) is 89.9 cm³/mol. The molecule has 0 aliphatic heterocycles. The lowest BCUT2D eigenvalue weighted by atomic mass is 10.1. The topological polar surface area (TPSA) is 51.5 Å². The predicted octanol–water partition coefficient (Wildman–Crippen LogP) is 3.74. The van der Waals surface area contributed by atoms with Crippen LogP contribution in [0.15, 0.2) is 48.5 Å². The number of ether oxygens (including phenoxy) is 1. The van der Waals surface area contributed by atoms with Gasteiger partial charge in [0.1, 0.15) is 5.75 Å². The number of hydrogen-bond donors (Lipinski definition) is 1. The number of carbonyl (C=O) groups excluding carboxylic acids is 1. The third kappa shape index (κ3) is 2.80. The number of phenols is 1. The number of hydrogen-bond acceptors (Lipinski definition) is 3. The number of methoxy groups -OCH3 is 1. The molecule has 0 atom stereocenters. The summed E-state index contributed by atoms with van der Waals surface area (Å²) in [6.45, 7) is 2.77. The van der Waals surface area contributed by atoms with Crippen LogP contribution in [0.4, 0.5) is 0 Å². The van der Waals surface area contributed by atoms with E-state index in [2.05, 4.69) is 23.6 Å². The average Bonchev–Trinajstić information content (AvgIpc) is 2.93. The molecule has 4 nitrogen and oxygen atoms in total. The fourth-order valence-electron chi connectivity index (χ4n) is 2.87. The number of rotatable bonds is 4. The zero-order valence-corrected chi connectivity index (χ0v) is 13.2. The van der Waals surface area contributed by atoms with E-state index < -0.39 is 5.97 Å². The number of phenolic OH excluding ortho intramolecular Hbond substituents is 1. The lowest BCUT2D eigenvalue weighted by molar-refractivity contribution is 0.0600. The SMILES string of the molecule is CCc1cc2c(O)cc(C(=O)OC)cc2n1Cc1ccccc1. The van der Waals surface area contributed by atoms with Gasteiger partial charge in [0, 0.05) is 17.6 Å². The van der Waals surface area contributed by atoms with Crippen LogP contribution in [-0.2, 0) is 17.7 Å². The van der Waals surface area contributed by atoms with E-state index in [-0.39, 0.29) is 5.75 Å². The number of esters is 1. The van der Waals surface area contributed by atoms with Crippen molar-refractivity contribution in [2.45, 2.75) is 19.9 Å². The van der Waals surface area contributed by atoms with Crippen molar-refractivity contribution in [2.24, 2.45) is 0 Å². The fraction of sp³-hybridized carbons (Fsp3) is 0.211. The second-order valence-electron chi connectivity index (χ2n) is 5.48. The van der Waals surface area contributed by atoms with Gasteiger partial charge in [-0.1, -0.05) is 37.3 Å². The zero-order chi connectivity index (χ0) is 16.4. The fourth-order valence-corrected chi connectivity index (χ4v) is 2.87. The minimum atomic E-state index is -0.451. The van der Waals surface area contributed by atoms with Crippen molar-refractivity contribution < 1.29 is 14.6 Å². The molecule has 0 fully saturated rings. The lowest BCUT2D eigenvalue weighted by Crippen LogP contribution is -2.05. The molecule has 0 amide bonds. The lowest BCUT2D eigenvalue weighted by Gasteiger charge is -2.11. The smallest absolute Gasteiger partial charge is 0.338 e. The minimum absolute atomic E-state index is 0.101. The maximum Gasteiger partial charge on any atom is 0.338 e. The van der Waals surface area contributed by atoms with Crippen LogP contribution in [0.1, 0.15) is 28.5 Å². The molecule has 1 heterocycles. The monoisotopic (exact) mass is 309 g/mol. The van der Waals surface area contributed by atoms with Crippen LogP contribution in [0, 0.1) is 0 Å². The molecule has 3 aromatic rings. The summed E-state index contributed by atoms with van der Waals surface area (Å²) >= 11 is 0. The summed E-state index contributed by atoms with van der Waals surface area (Å²) in [5.41, 5.74) is 3.47. The highest BCUT2D eigenvalue weighted by atomic mass is 16.5. The highest BCUT2D eigenvalue weighted by Gasteiger charge is 2.15. The second kappa shape index (κ2) is 6.16. The van der Waals surface area contributed by atoms with Gasteiger partial charge in [0.15, 0.2) is 0 Å². The number of nitrogens with zero attached hydrogens (tertiary/aromatic N) is 1. The molecule has 0 radical (unpaired) electrons. The Bertz CT molecular complexity index is 850. The number of fused-ring (bicyclic) bond motifs is 1. The van der Waals surface area contributed by atoms with E-state index in [4.69, 9.17) is 4.74 Å². The van der Waals surface area contributed by atoms with Crippen LogP contribution in [0.3, 0.4) is 0 Å². The Morgan fingerprint density at radius 1 is 1.17 bits per heavy atom. The molecule has 0 aliphatic carbocycles. The first kappa shape index (κ1) is 15.2. The second-order valence-corrected chi connectivity index (χ2v) is 5.48. The number of carbonyl (C=O) groups is 1. The van der Waals surface area contributed by atoms with Gasteiger partial charge < -0.3 is 14.4 Å². The quantitative estimate of drug-likeness (QED) is 0.747.